The predicted molar refractivity (Wildman–Crippen MR) is 86.5 cm³/mol. The molecular formula is C17H23N3O2. The van der Waals surface area contributed by atoms with Crippen LogP contribution >= 0.6 is 0 Å². The number of nitrogens with zero attached hydrogens (tertiary/aromatic N) is 2. The number of piperidine rings is 1. The molecule has 1 fully saturated rings. The molecule has 1 aromatic carbocycles. The minimum absolute atomic E-state index is 0.453. The fraction of sp³-hybridized carbons (Fsp3) is 0.529. The van der Waals surface area contributed by atoms with Crippen molar-refractivity contribution < 1.29 is 9.47 Å². The number of aromatic nitrogens is 2. The Hall–Kier alpha value is -1.88. The molecule has 2 heterocycles. The molecule has 1 aromatic heterocycles. The van der Waals surface area contributed by atoms with Gasteiger partial charge in [-0.15, -0.1) is 0 Å². The van der Waals surface area contributed by atoms with Gasteiger partial charge in [-0.3, -0.25) is 0 Å². The molecule has 1 saturated heterocycles. The Kier molecular flexibility index (Phi) is 5.06. The van der Waals surface area contributed by atoms with Gasteiger partial charge in [-0.1, -0.05) is 18.6 Å². The van der Waals surface area contributed by atoms with E-state index in [0.29, 0.717) is 24.4 Å². The SMILES string of the molecule is COc1nc2ccccc2nc1OCCC[C@@H]1CCCCN1. The van der Waals surface area contributed by atoms with Crippen LogP contribution in [-0.4, -0.2) is 36.3 Å². The minimum atomic E-state index is 0.453. The summed E-state index contributed by atoms with van der Waals surface area (Å²) in [6.07, 6.45) is 6.07. The molecular weight excluding hydrogens is 278 g/mol. The highest BCUT2D eigenvalue weighted by Gasteiger charge is 2.13. The van der Waals surface area contributed by atoms with E-state index in [-0.39, 0.29) is 0 Å². The zero-order chi connectivity index (χ0) is 15.2. The van der Waals surface area contributed by atoms with Gasteiger partial charge in [0.1, 0.15) is 0 Å². The summed E-state index contributed by atoms with van der Waals surface area (Å²) < 4.78 is 11.1. The second-order valence-corrected chi connectivity index (χ2v) is 5.66. The third kappa shape index (κ3) is 3.65. The van der Waals surface area contributed by atoms with Crippen molar-refractivity contribution >= 4 is 11.0 Å². The largest absolute Gasteiger partial charge is 0.477 e. The molecule has 0 saturated carbocycles. The molecule has 1 aliphatic heterocycles. The number of hydrogen-bond acceptors (Lipinski definition) is 5. The maximum atomic E-state index is 5.80. The van der Waals surface area contributed by atoms with E-state index in [2.05, 4.69) is 15.3 Å². The van der Waals surface area contributed by atoms with Crippen LogP contribution in [0, 0.1) is 0 Å². The van der Waals surface area contributed by atoms with Crippen LogP contribution in [0.15, 0.2) is 24.3 Å². The van der Waals surface area contributed by atoms with Gasteiger partial charge in [0.05, 0.1) is 24.8 Å². The van der Waals surface area contributed by atoms with Crippen molar-refractivity contribution in [3.05, 3.63) is 24.3 Å². The smallest absolute Gasteiger partial charge is 0.278 e. The maximum absolute atomic E-state index is 5.80. The quantitative estimate of drug-likeness (QED) is 0.831. The van der Waals surface area contributed by atoms with Crippen molar-refractivity contribution in [2.75, 3.05) is 20.3 Å². The van der Waals surface area contributed by atoms with Crippen LogP contribution in [0.5, 0.6) is 11.8 Å². The number of fused-ring (bicyclic) bond motifs is 1. The molecule has 0 aliphatic carbocycles. The Balaban J connectivity index is 1.58. The van der Waals surface area contributed by atoms with Crippen molar-refractivity contribution in [3.8, 4) is 11.8 Å². The molecule has 2 aromatic rings. The Bertz CT molecular complexity index is 612. The van der Waals surface area contributed by atoms with E-state index in [1.807, 2.05) is 24.3 Å². The second kappa shape index (κ2) is 7.40. The highest BCUT2D eigenvalue weighted by molar-refractivity contribution is 5.75. The number of hydrogen-bond donors (Lipinski definition) is 1. The summed E-state index contributed by atoms with van der Waals surface area (Å²) in [5, 5.41) is 3.56. The lowest BCUT2D eigenvalue weighted by Gasteiger charge is -2.23. The number of para-hydroxylation sites is 2. The average Bonchev–Trinajstić information content (AvgIpc) is 2.59. The molecule has 0 spiro atoms. The molecule has 3 rings (SSSR count). The van der Waals surface area contributed by atoms with Crippen LogP contribution in [0.3, 0.4) is 0 Å². The van der Waals surface area contributed by atoms with Crippen LogP contribution in [-0.2, 0) is 0 Å². The van der Waals surface area contributed by atoms with Crippen LogP contribution in [0.4, 0.5) is 0 Å². The highest BCUT2D eigenvalue weighted by atomic mass is 16.5. The van der Waals surface area contributed by atoms with Crippen LogP contribution in [0.2, 0.25) is 0 Å². The first-order valence-corrected chi connectivity index (χ1v) is 8.04. The van der Waals surface area contributed by atoms with E-state index in [1.165, 1.54) is 19.3 Å². The van der Waals surface area contributed by atoms with E-state index in [0.717, 1.165) is 30.4 Å². The number of methoxy groups -OCH3 is 1. The van der Waals surface area contributed by atoms with Gasteiger partial charge in [0.25, 0.3) is 11.8 Å². The van der Waals surface area contributed by atoms with Gasteiger partial charge in [-0.25, -0.2) is 9.97 Å². The third-order valence-electron chi connectivity index (χ3n) is 4.05. The van der Waals surface area contributed by atoms with Crippen molar-refractivity contribution in [2.24, 2.45) is 0 Å². The van der Waals surface area contributed by atoms with Gasteiger partial charge in [0.2, 0.25) is 0 Å². The third-order valence-corrected chi connectivity index (χ3v) is 4.05. The lowest BCUT2D eigenvalue weighted by molar-refractivity contribution is 0.259. The van der Waals surface area contributed by atoms with Crippen molar-refractivity contribution in [1.29, 1.82) is 0 Å². The summed E-state index contributed by atoms with van der Waals surface area (Å²) in [6.45, 7) is 1.79. The fourth-order valence-corrected chi connectivity index (χ4v) is 2.86. The summed E-state index contributed by atoms with van der Waals surface area (Å²) in [4.78, 5) is 8.95. The molecule has 5 heteroatoms. The predicted octanol–water partition coefficient (Wildman–Crippen LogP) is 2.94. The highest BCUT2D eigenvalue weighted by Crippen LogP contribution is 2.25. The van der Waals surface area contributed by atoms with Gasteiger partial charge < -0.3 is 14.8 Å². The lowest BCUT2D eigenvalue weighted by Crippen LogP contribution is -2.34. The Morgan fingerprint density at radius 3 is 2.59 bits per heavy atom. The summed E-state index contributed by atoms with van der Waals surface area (Å²) in [5.41, 5.74) is 1.64. The zero-order valence-electron chi connectivity index (χ0n) is 13.0. The maximum Gasteiger partial charge on any atom is 0.278 e. The van der Waals surface area contributed by atoms with Gasteiger partial charge in [-0.2, -0.15) is 0 Å². The van der Waals surface area contributed by atoms with Crippen molar-refractivity contribution in [1.82, 2.24) is 15.3 Å². The van der Waals surface area contributed by atoms with E-state index < -0.39 is 0 Å². The average molecular weight is 301 g/mol. The van der Waals surface area contributed by atoms with E-state index in [4.69, 9.17) is 9.47 Å². The van der Waals surface area contributed by atoms with Crippen molar-refractivity contribution in [3.63, 3.8) is 0 Å². The van der Waals surface area contributed by atoms with E-state index >= 15 is 0 Å². The normalized spacial score (nSPS) is 18.3. The van der Waals surface area contributed by atoms with E-state index in [1.54, 1.807) is 7.11 Å². The minimum Gasteiger partial charge on any atom is -0.477 e. The molecule has 0 bridgehead atoms. The van der Waals surface area contributed by atoms with Crippen LogP contribution in [0.1, 0.15) is 32.1 Å². The standard InChI is InChI=1S/C17H23N3O2/c1-21-16-17(20-15-10-3-2-9-14(15)19-16)22-12-6-8-13-7-4-5-11-18-13/h2-3,9-10,13,18H,4-8,11-12H2,1H3/t13-/m0/s1. The summed E-state index contributed by atoms with van der Waals surface area (Å²) >= 11 is 0. The summed E-state index contributed by atoms with van der Waals surface area (Å²) in [7, 11) is 1.59. The molecule has 0 amide bonds. The molecule has 5 nitrogen and oxygen atoms in total. The first-order chi connectivity index (χ1) is 10.9. The topological polar surface area (TPSA) is 56.3 Å². The summed E-state index contributed by atoms with van der Waals surface area (Å²) in [6, 6.07) is 8.38. The van der Waals surface area contributed by atoms with Crippen LogP contribution in [0.25, 0.3) is 11.0 Å². The fourth-order valence-electron chi connectivity index (χ4n) is 2.86. The molecule has 0 unspecified atom stereocenters. The zero-order valence-corrected chi connectivity index (χ0v) is 13.0. The Labute approximate surface area is 131 Å². The van der Waals surface area contributed by atoms with Crippen molar-refractivity contribution in [2.45, 2.75) is 38.1 Å². The Morgan fingerprint density at radius 1 is 1.14 bits per heavy atom. The first kappa shape index (κ1) is 15.0. The van der Waals surface area contributed by atoms with Gasteiger partial charge in [0.15, 0.2) is 0 Å². The number of nitrogens with one attached hydrogen (secondary N) is 1. The number of benzene rings is 1. The van der Waals surface area contributed by atoms with Gasteiger partial charge >= 0.3 is 0 Å². The molecule has 22 heavy (non-hydrogen) atoms. The Morgan fingerprint density at radius 2 is 1.91 bits per heavy atom. The molecule has 1 N–H and O–H groups in total. The molecule has 1 aliphatic rings. The lowest BCUT2D eigenvalue weighted by atomic mass is 10.0. The van der Waals surface area contributed by atoms with Gasteiger partial charge in [-0.05, 0) is 44.4 Å². The monoisotopic (exact) mass is 301 g/mol. The molecule has 0 radical (unpaired) electrons. The second-order valence-electron chi connectivity index (χ2n) is 5.66. The summed E-state index contributed by atoms with van der Waals surface area (Å²) in [5.74, 6) is 0.937. The molecule has 1 atom stereocenters. The van der Waals surface area contributed by atoms with E-state index in [9.17, 15) is 0 Å². The number of ether oxygens (including phenoxy) is 2. The molecule has 118 valence electrons. The van der Waals surface area contributed by atoms with Crippen LogP contribution < -0.4 is 14.8 Å². The first-order valence-electron chi connectivity index (χ1n) is 8.04. The number of rotatable bonds is 6. The van der Waals surface area contributed by atoms with Gasteiger partial charge in [0, 0.05) is 6.04 Å².